The minimum Gasteiger partial charge on any atom is -0.352 e. The molecule has 0 unspecified atom stereocenters. The van der Waals surface area contributed by atoms with Crippen LogP contribution in [0.15, 0.2) is 29.2 Å². The molecule has 2 heterocycles. The van der Waals surface area contributed by atoms with Gasteiger partial charge in [0.15, 0.2) is 9.84 Å². The Hall–Kier alpha value is -2.15. The van der Waals surface area contributed by atoms with Crippen LogP contribution in [0.25, 0.3) is 0 Å². The van der Waals surface area contributed by atoms with Crippen LogP contribution in [0.1, 0.15) is 55.7 Å². The number of hydrogen-bond donors (Lipinski definition) is 1. The van der Waals surface area contributed by atoms with Crippen LogP contribution in [-0.2, 0) is 39.1 Å². The highest BCUT2D eigenvalue weighted by molar-refractivity contribution is 7.94. The minimum absolute atomic E-state index is 0.123. The van der Waals surface area contributed by atoms with E-state index in [0.717, 1.165) is 41.4 Å². The lowest BCUT2D eigenvalue weighted by molar-refractivity contribution is -0.128. The van der Waals surface area contributed by atoms with Gasteiger partial charge < -0.3 is 10.2 Å². The molecule has 1 saturated carbocycles. The zero-order valence-corrected chi connectivity index (χ0v) is 17.6. The van der Waals surface area contributed by atoms with Gasteiger partial charge in [-0.2, -0.15) is 0 Å². The average Bonchev–Trinajstić information content (AvgIpc) is 3.30. The highest BCUT2D eigenvalue weighted by atomic mass is 32.2. The zero-order chi connectivity index (χ0) is 20.6. The lowest BCUT2D eigenvalue weighted by Crippen LogP contribution is -2.31. The van der Waals surface area contributed by atoms with Crippen LogP contribution in [0.3, 0.4) is 0 Å². The molecule has 1 aromatic carbocycles. The number of hydrogen-bond acceptors (Lipinski definition) is 4. The van der Waals surface area contributed by atoms with E-state index in [0.29, 0.717) is 44.0 Å². The molecular formula is C22H28N2O4S. The number of nitrogens with one attached hydrogen (secondary N) is 1. The summed E-state index contributed by atoms with van der Waals surface area (Å²) in [5.74, 6) is 0.649. The van der Waals surface area contributed by atoms with Crippen LogP contribution in [0.2, 0.25) is 0 Å². The Morgan fingerprint density at radius 3 is 2.66 bits per heavy atom. The maximum atomic E-state index is 12.8. The molecule has 1 aliphatic carbocycles. The summed E-state index contributed by atoms with van der Waals surface area (Å²) in [6.45, 7) is 3.61. The van der Waals surface area contributed by atoms with Crippen molar-refractivity contribution in [1.82, 2.24) is 10.2 Å². The molecule has 0 saturated heterocycles. The second-order valence-corrected chi connectivity index (χ2v) is 10.6. The second-order valence-electron chi connectivity index (χ2n) is 8.61. The molecule has 29 heavy (non-hydrogen) atoms. The lowest BCUT2D eigenvalue weighted by atomic mass is 9.97. The van der Waals surface area contributed by atoms with Crippen LogP contribution < -0.4 is 5.32 Å². The highest BCUT2D eigenvalue weighted by Gasteiger charge is 2.30. The molecule has 0 radical (unpaired) electrons. The van der Waals surface area contributed by atoms with Gasteiger partial charge in [0.1, 0.15) is 0 Å². The van der Waals surface area contributed by atoms with Gasteiger partial charge >= 0.3 is 0 Å². The number of amides is 2. The third-order valence-electron chi connectivity index (χ3n) is 6.42. The molecule has 2 amide bonds. The smallest absolute Gasteiger partial charge is 0.251 e. The lowest BCUT2D eigenvalue weighted by Gasteiger charge is -2.19. The maximum Gasteiger partial charge on any atom is 0.251 e. The summed E-state index contributed by atoms with van der Waals surface area (Å²) in [6.07, 6.45) is 4.24. The summed E-state index contributed by atoms with van der Waals surface area (Å²) in [7, 11) is -3.26. The Morgan fingerprint density at radius 1 is 1.14 bits per heavy atom. The average molecular weight is 417 g/mol. The number of carbonyl (C=O) groups excluding carboxylic acids is 2. The van der Waals surface area contributed by atoms with Crippen molar-refractivity contribution < 1.29 is 18.0 Å². The summed E-state index contributed by atoms with van der Waals surface area (Å²) in [4.78, 5) is 26.9. The van der Waals surface area contributed by atoms with E-state index in [-0.39, 0.29) is 23.5 Å². The van der Waals surface area contributed by atoms with Crippen molar-refractivity contribution in [3.63, 3.8) is 0 Å². The number of nitrogens with zero attached hydrogens (tertiary/aromatic N) is 1. The molecule has 1 N–H and O–H groups in total. The zero-order valence-electron chi connectivity index (χ0n) is 16.8. The van der Waals surface area contributed by atoms with Crippen molar-refractivity contribution in [1.29, 1.82) is 0 Å². The third kappa shape index (κ3) is 4.39. The van der Waals surface area contributed by atoms with E-state index < -0.39 is 9.84 Å². The van der Waals surface area contributed by atoms with E-state index in [2.05, 4.69) is 12.2 Å². The molecule has 1 fully saturated rings. The number of sulfone groups is 1. The van der Waals surface area contributed by atoms with Gasteiger partial charge in [0.05, 0.1) is 5.75 Å². The van der Waals surface area contributed by atoms with Crippen molar-refractivity contribution in [3.8, 4) is 0 Å². The van der Waals surface area contributed by atoms with Gasteiger partial charge in [0, 0.05) is 36.5 Å². The van der Waals surface area contributed by atoms with E-state index in [4.69, 9.17) is 0 Å². The summed E-state index contributed by atoms with van der Waals surface area (Å²) in [5, 5.41) is 4.22. The third-order valence-corrected chi connectivity index (χ3v) is 7.92. The molecule has 2 aliphatic heterocycles. The molecule has 156 valence electrons. The van der Waals surface area contributed by atoms with E-state index in [1.54, 1.807) is 4.90 Å². The summed E-state index contributed by atoms with van der Waals surface area (Å²) in [5.41, 5.74) is 3.56. The Kier molecular flexibility index (Phi) is 5.51. The van der Waals surface area contributed by atoms with Crippen LogP contribution in [0, 0.1) is 11.8 Å². The topological polar surface area (TPSA) is 83.6 Å². The predicted molar refractivity (Wildman–Crippen MR) is 110 cm³/mol. The van der Waals surface area contributed by atoms with Crippen LogP contribution >= 0.6 is 0 Å². The molecule has 0 bridgehead atoms. The first-order valence-electron chi connectivity index (χ1n) is 10.4. The van der Waals surface area contributed by atoms with E-state index in [1.807, 2.05) is 18.2 Å². The Bertz CT molecular complexity index is 967. The van der Waals surface area contributed by atoms with E-state index in [9.17, 15) is 18.0 Å². The Morgan fingerprint density at radius 2 is 1.93 bits per heavy atom. The van der Waals surface area contributed by atoms with Gasteiger partial charge in [-0.1, -0.05) is 31.5 Å². The predicted octanol–water partition coefficient (Wildman–Crippen LogP) is 2.67. The fraction of sp³-hybridized carbons (Fsp3) is 0.545. The van der Waals surface area contributed by atoms with Crippen molar-refractivity contribution in [2.45, 2.75) is 58.7 Å². The van der Waals surface area contributed by atoms with E-state index >= 15 is 0 Å². The van der Waals surface area contributed by atoms with E-state index in [1.165, 1.54) is 0 Å². The molecule has 3 aliphatic rings. The maximum absolute atomic E-state index is 12.8. The van der Waals surface area contributed by atoms with Crippen molar-refractivity contribution in [3.05, 3.63) is 45.9 Å². The molecule has 1 aromatic rings. The molecule has 2 atom stereocenters. The van der Waals surface area contributed by atoms with Crippen LogP contribution in [-0.4, -0.2) is 30.9 Å². The number of rotatable bonds is 4. The largest absolute Gasteiger partial charge is 0.352 e. The van der Waals surface area contributed by atoms with Crippen LogP contribution in [0.4, 0.5) is 0 Å². The number of benzene rings is 1. The summed E-state index contributed by atoms with van der Waals surface area (Å²) >= 11 is 0. The molecule has 6 nitrogen and oxygen atoms in total. The summed E-state index contributed by atoms with van der Waals surface area (Å²) < 4.78 is 23.6. The van der Waals surface area contributed by atoms with Gasteiger partial charge in [-0.15, -0.1) is 0 Å². The first-order valence-corrected chi connectivity index (χ1v) is 12.1. The monoisotopic (exact) mass is 416 g/mol. The summed E-state index contributed by atoms with van der Waals surface area (Å²) in [6, 6.07) is 6.05. The van der Waals surface area contributed by atoms with Gasteiger partial charge in [-0.25, -0.2) is 8.42 Å². The highest BCUT2D eigenvalue weighted by Crippen LogP contribution is 2.31. The fourth-order valence-corrected chi connectivity index (χ4v) is 6.03. The quantitative estimate of drug-likeness (QED) is 0.818. The first kappa shape index (κ1) is 20.1. The van der Waals surface area contributed by atoms with Crippen molar-refractivity contribution in [2.75, 3.05) is 5.75 Å². The molecule has 0 aromatic heterocycles. The molecule has 0 spiro atoms. The minimum atomic E-state index is -3.26. The Balaban J connectivity index is 1.39. The first-order chi connectivity index (χ1) is 13.8. The number of carbonyl (C=O) groups is 2. The molecule has 4 rings (SSSR count). The van der Waals surface area contributed by atoms with Gasteiger partial charge in [0.2, 0.25) is 5.91 Å². The van der Waals surface area contributed by atoms with Crippen molar-refractivity contribution in [2.24, 2.45) is 11.8 Å². The van der Waals surface area contributed by atoms with Crippen LogP contribution in [0.5, 0.6) is 0 Å². The SMILES string of the molecule is C[C@@H]1CCC[C@H]1C(=O)NCc1ccc2c(c1)CN(C(=O)C1=CS(=O)(=O)CCC1)C2. The van der Waals surface area contributed by atoms with Gasteiger partial charge in [-0.05, 0) is 48.3 Å². The number of fused-ring (bicyclic) bond motifs is 1. The normalized spacial score (nSPS) is 25.4. The Labute approximate surface area is 172 Å². The van der Waals surface area contributed by atoms with Gasteiger partial charge in [0.25, 0.3) is 5.91 Å². The fourth-order valence-electron chi connectivity index (χ4n) is 4.72. The van der Waals surface area contributed by atoms with Gasteiger partial charge in [-0.3, -0.25) is 9.59 Å². The molecular weight excluding hydrogens is 388 g/mol. The standard InChI is InChI=1S/C22H28N2O4S/c1-15-4-2-6-20(15)21(25)23-11-16-7-8-17-12-24(13-19(17)10-16)22(26)18-5-3-9-29(27,28)14-18/h7-8,10,14-15,20H,2-6,9,11-13H2,1H3,(H,23,25)/t15-,20-/m1/s1. The van der Waals surface area contributed by atoms with Crippen molar-refractivity contribution >= 4 is 21.7 Å². The molecule has 7 heteroatoms. The second kappa shape index (κ2) is 7.94.